The maximum absolute atomic E-state index is 6.09. The fourth-order valence-corrected chi connectivity index (χ4v) is 3.16. The van der Waals surface area contributed by atoms with Crippen molar-refractivity contribution in [1.29, 1.82) is 0 Å². The molecule has 162 valence electrons. The lowest BCUT2D eigenvalue weighted by atomic mass is 10.1. The molecule has 0 saturated carbocycles. The summed E-state index contributed by atoms with van der Waals surface area (Å²) in [4.78, 5) is 0. The highest BCUT2D eigenvalue weighted by molar-refractivity contribution is 5.49. The first-order valence-corrected chi connectivity index (χ1v) is 11.8. The second kappa shape index (κ2) is 16.6. The van der Waals surface area contributed by atoms with Crippen LogP contribution in [-0.2, 0) is 0 Å². The van der Waals surface area contributed by atoms with Crippen molar-refractivity contribution in [2.24, 2.45) is 0 Å². The van der Waals surface area contributed by atoms with E-state index >= 15 is 0 Å². The van der Waals surface area contributed by atoms with Gasteiger partial charge in [-0.05, 0) is 26.2 Å². The molecular weight excluding hydrogens is 348 g/mol. The quantitative estimate of drug-likeness (QED) is 0.238. The Balaban J connectivity index is 2.65. The minimum atomic E-state index is 0.759. The highest BCUT2D eigenvalue weighted by atomic mass is 16.5. The molecular formula is C25H44O3. The Labute approximate surface area is 174 Å². The van der Waals surface area contributed by atoms with Gasteiger partial charge in [0.05, 0.1) is 19.8 Å². The predicted molar refractivity (Wildman–Crippen MR) is 120 cm³/mol. The van der Waals surface area contributed by atoms with E-state index < -0.39 is 0 Å². The van der Waals surface area contributed by atoms with Gasteiger partial charge >= 0.3 is 0 Å². The zero-order chi connectivity index (χ0) is 20.5. The van der Waals surface area contributed by atoms with E-state index in [1.54, 1.807) is 0 Å². The third-order valence-corrected chi connectivity index (χ3v) is 5.06. The zero-order valence-electron chi connectivity index (χ0n) is 19.0. The van der Waals surface area contributed by atoms with Gasteiger partial charge < -0.3 is 14.2 Å². The van der Waals surface area contributed by atoms with Crippen LogP contribution < -0.4 is 14.2 Å². The number of unbranched alkanes of at least 4 members (excludes halogenated alkanes) is 9. The molecule has 0 aliphatic carbocycles. The molecule has 0 spiro atoms. The Morgan fingerprint density at radius 1 is 0.536 bits per heavy atom. The van der Waals surface area contributed by atoms with Crippen LogP contribution in [0.3, 0.4) is 0 Å². The lowest BCUT2D eigenvalue weighted by Gasteiger charge is -2.17. The van der Waals surface area contributed by atoms with Crippen LogP contribution in [0.2, 0.25) is 0 Å². The molecule has 3 heteroatoms. The largest absolute Gasteiger partial charge is 0.493 e. The van der Waals surface area contributed by atoms with Crippen LogP contribution >= 0.6 is 0 Å². The SMILES string of the molecule is CCCCCCOc1cc(OCCCCCC)c(C)c(OCCCCCC)c1. The monoisotopic (exact) mass is 392 g/mol. The van der Waals surface area contributed by atoms with Crippen molar-refractivity contribution in [3.05, 3.63) is 17.7 Å². The van der Waals surface area contributed by atoms with Crippen LogP contribution in [0.5, 0.6) is 17.2 Å². The first kappa shape index (κ1) is 24.7. The molecule has 0 atom stereocenters. The fraction of sp³-hybridized carbons (Fsp3) is 0.760. The first-order valence-electron chi connectivity index (χ1n) is 11.8. The Bertz CT molecular complexity index is 464. The molecule has 0 aliphatic heterocycles. The van der Waals surface area contributed by atoms with Crippen molar-refractivity contribution in [3.63, 3.8) is 0 Å². The molecule has 0 amide bonds. The molecule has 1 aromatic rings. The van der Waals surface area contributed by atoms with E-state index in [9.17, 15) is 0 Å². The zero-order valence-corrected chi connectivity index (χ0v) is 19.0. The molecule has 0 radical (unpaired) electrons. The molecule has 0 aromatic heterocycles. The molecule has 3 nitrogen and oxygen atoms in total. The molecule has 0 heterocycles. The van der Waals surface area contributed by atoms with Crippen molar-refractivity contribution in [2.45, 2.75) is 105 Å². The Kier molecular flexibility index (Phi) is 14.6. The average Bonchev–Trinajstić information content (AvgIpc) is 2.70. The summed E-state index contributed by atoms with van der Waals surface area (Å²) in [7, 11) is 0. The van der Waals surface area contributed by atoms with Crippen molar-refractivity contribution in [3.8, 4) is 17.2 Å². The summed E-state index contributed by atoms with van der Waals surface area (Å²) < 4.78 is 18.2. The summed E-state index contributed by atoms with van der Waals surface area (Å²) in [5.41, 5.74) is 1.09. The van der Waals surface area contributed by atoms with E-state index in [0.717, 1.165) is 61.9 Å². The molecule has 0 saturated heterocycles. The van der Waals surface area contributed by atoms with Gasteiger partial charge in [-0.15, -0.1) is 0 Å². The van der Waals surface area contributed by atoms with Gasteiger partial charge in [-0.25, -0.2) is 0 Å². The van der Waals surface area contributed by atoms with Gasteiger partial charge in [0, 0.05) is 17.7 Å². The van der Waals surface area contributed by atoms with Gasteiger partial charge in [-0.1, -0.05) is 78.6 Å². The van der Waals surface area contributed by atoms with Crippen molar-refractivity contribution in [1.82, 2.24) is 0 Å². The van der Waals surface area contributed by atoms with Crippen LogP contribution in [0.4, 0.5) is 0 Å². The van der Waals surface area contributed by atoms with Crippen LogP contribution in [0.1, 0.15) is 103 Å². The highest BCUT2D eigenvalue weighted by Crippen LogP contribution is 2.34. The Morgan fingerprint density at radius 3 is 1.32 bits per heavy atom. The smallest absolute Gasteiger partial charge is 0.129 e. The summed E-state index contributed by atoms with van der Waals surface area (Å²) in [5, 5.41) is 0. The van der Waals surface area contributed by atoms with Crippen LogP contribution in [-0.4, -0.2) is 19.8 Å². The minimum Gasteiger partial charge on any atom is -0.493 e. The fourth-order valence-electron chi connectivity index (χ4n) is 3.16. The maximum Gasteiger partial charge on any atom is 0.129 e. The van der Waals surface area contributed by atoms with Gasteiger partial charge in [-0.2, -0.15) is 0 Å². The van der Waals surface area contributed by atoms with Crippen LogP contribution in [0, 0.1) is 6.92 Å². The molecule has 0 unspecified atom stereocenters. The summed E-state index contributed by atoms with van der Waals surface area (Å²) in [6.07, 6.45) is 14.5. The molecule has 0 bridgehead atoms. The van der Waals surface area contributed by atoms with Crippen molar-refractivity contribution >= 4 is 0 Å². The van der Waals surface area contributed by atoms with Crippen LogP contribution in [0.25, 0.3) is 0 Å². The first-order chi connectivity index (χ1) is 13.7. The summed E-state index contributed by atoms with van der Waals surface area (Å²) in [6, 6.07) is 4.08. The van der Waals surface area contributed by atoms with E-state index in [1.165, 1.54) is 57.8 Å². The number of hydrogen-bond donors (Lipinski definition) is 0. The maximum atomic E-state index is 6.09. The normalized spacial score (nSPS) is 10.9. The average molecular weight is 393 g/mol. The summed E-state index contributed by atoms with van der Waals surface area (Å²) in [6.45, 7) is 11.1. The Morgan fingerprint density at radius 2 is 0.929 bits per heavy atom. The minimum absolute atomic E-state index is 0.759. The molecule has 1 rings (SSSR count). The summed E-state index contributed by atoms with van der Waals surface area (Å²) >= 11 is 0. The number of benzene rings is 1. The third kappa shape index (κ3) is 10.8. The molecule has 0 fully saturated rings. The molecule has 0 aliphatic rings. The number of hydrogen-bond acceptors (Lipinski definition) is 3. The molecule has 28 heavy (non-hydrogen) atoms. The van der Waals surface area contributed by atoms with Gasteiger partial charge in [0.1, 0.15) is 17.2 Å². The van der Waals surface area contributed by atoms with Gasteiger partial charge in [0.2, 0.25) is 0 Å². The number of ether oxygens (including phenoxy) is 3. The van der Waals surface area contributed by atoms with Crippen LogP contribution in [0.15, 0.2) is 12.1 Å². The topological polar surface area (TPSA) is 27.7 Å². The molecule has 1 aromatic carbocycles. The van der Waals surface area contributed by atoms with E-state index in [-0.39, 0.29) is 0 Å². The molecule has 0 N–H and O–H groups in total. The lowest BCUT2D eigenvalue weighted by molar-refractivity contribution is 0.273. The number of rotatable bonds is 18. The van der Waals surface area contributed by atoms with E-state index in [1.807, 2.05) is 12.1 Å². The lowest BCUT2D eigenvalue weighted by Crippen LogP contribution is -2.05. The third-order valence-electron chi connectivity index (χ3n) is 5.06. The van der Waals surface area contributed by atoms with E-state index in [4.69, 9.17) is 14.2 Å². The summed E-state index contributed by atoms with van der Waals surface area (Å²) in [5.74, 6) is 2.69. The van der Waals surface area contributed by atoms with Gasteiger partial charge in [0.15, 0.2) is 0 Å². The second-order valence-electron chi connectivity index (χ2n) is 7.77. The second-order valence-corrected chi connectivity index (χ2v) is 7.77. The Hall–Kier alpha value is -1.38. The van der Waals surface area contributed by atoms with Gasteiger partial charge in [0.25, 0.3) is 0 Å². The van der Waals surface area contributed by atoms with Crippen molar-refractivity contribution < 1.29 is 14.2 Å². The van der Waals surface area contributed by atoms with E-state index in [2.05, 4.69) is 27.7 Å². The standard InChI is InChI=1S/C25H44O3/c1-5-8-11-14-17-26-23-20-24(27-18-15-12-9-6-2)22(4)25(21-23)28-19-16-13-10-7-3/h20-21H,5-19H2,1-4H3. The van der Waals surface area contributed by atoms with E-state index in [0.29, 0.717) is 0 Å². The predicted octanol–water partition coefficient (Wildman–Crippen LogP) is 7.87. The van der Waals surface area contributed by atoms with Gasteiger partial charge in [-0.3, -0.25) is 0 Å². The van der Waals surface area contributed by atoms with Crippen molar-refractivity contribution in [2.75, 3.05) is 19.8 Å². The highest BCUT2D eigenvalue weighted by Gasteiger charge is 2.11.